The van der Waals surface area contributed by atoms with Gasteiger partial charge in [-0.15, -0.1) is 22.7 Å². The largest absolute Gasteiger partial charge is 0.311 e. The second kappa shape index (κ2) is 5.39. The molecule has 0 saturated heterocycles. The Labute approximate surface area is 98.0 Å². The van der Waals surface area contributed by atoms with E-state index in [9.17, 15) is 0 Å². The van der Waals surface area contributed by atoms with Crippen molar-refractivity contribution in [1.82, 2.24) is 10.3 Å². The van der Waals surface area contributed by atoms with E-state index in [0.29, 0.717) is 5.92 Å². The molecule has 0 spiro atoms. The molecule has 0 bridgehead atoms. The third-order valence-corrected chi connectivity index (χ3v) is 4.01. The summed E-state index contributed by atoms with van der Waals surface area (Å²) in [6.45, 7) is 4.14. The quantitative estimate of drug-likeness (QED) is 0.866. The Balaban J connectivity index is 1.74. The van der Waals surface area contributed by atoms with Crippen molar-refractivity contribution in [2.45, 2.75) is 19.4 Å². The van der Waals surface area contributed by atoms with Gasteiger partial charge in [-0.05, 0) is 11.4 Å². The second-order valence-corrected chi connectivity index (χ2v) is 5.23. The second-order valence-electron chi connectivity index (χ2n) is 3.53. The smallest absolute Gasteiger partial charge is 0.0795 e. The average Bonchev–Trinajstić information content (AvgIpc) is 2.90. The lowest BCUT2D eigenvalue weighted by atomic mass is 10.1. The van der Waals surface area contributed by atoms with E-state index in [1.54, 1.807) is 11.3 Å². The molecule has 2 heterocycles. The van der Waals surface area contributed by atoms with Crippen LogP contribution in [0.1, 0.15) is 23.4 Å². The third kappa shape index (κ3) is 3.12. The molecule has 0 aliphatic rings. The maximum atomic E-state index is 4.23. The van der Waals surface area contributed by atoms with Crippen LogP contribution in [0.25, 0.3) is 0 Å². The Kier molecular flexibility index (Phi) is 3.88. The van der Waals surface area contributed by atoms with Crippen molar-refractivity contribution in [1.29, 1.82) is 0 Å². The van der Waals surface area contributed by atoms with Crippen molar-refractivity contribution in [2.24, 2.45) is 0 Å². The number of thiazole rings is 1. The Morgan fingerprint density at radius 2 is 2.47 bits per heavy atom. The molecule has 1 unspecified atom stereocenters. The number of rotatable bonds is 5. The van der Waals surface area contributed by atoms with E-state index in [1.807, 2.05) is 16.8 Å². The molecule has 2 nitrogen and oxygen atoms in total. The number of nitrogens with one attached hydrogen (secondary N) is 1. The van der Waals surface area contributed by atoms with Gasteiger partial charge in [-0.25, -0.2) is 4.98 Å². The highest BCUT2D eigenvalue weighted by Gasteiger charge is 2.05. The van der Waals surface area contributed by atoms with E-state index in [4.69, 9.17) is 0 Å². The molecule has 80 valence electrons. The zero-order valence-corrected chi connectivity index (χ0v) is 10.3. The van der Waals surface area contributed by atoms with Gasteiger partial charge in [0.25, 0.3) is 0 Å². The third-order valence-electron chi connectivity index (χ3n) is 2.27. The zero-order valence-electron chi connectivity index (χ0n) is 8.64. The SMILES string of the molecule is CC(CNCc1cscn1)c1cccs1. The molecule has 0 amide bonds. The molecule has 15 heavy (non-hydrogen) atoms. The Morgan fingerprint density at radius 1 is 1.53 bits per heavy atom. The van der Waals surface area contributed by atoms with Crippen molar-refractivity contribution in [3.63, 3.8) is 0 Å². The predicted octanol–water partition coefficient (Wildman–Crippen LogP) is 3.10. The lowest BCUT2D eigenvalue weighted by molar-refractivity contribution is 0.615. The molecule has 2 aromatic heterocycles. The average molecular weight is 238 g/mol. The van der Waals surface area contributed by atoms with E-state index in [-0.39, 0.29) is 0 Å². The fraction of sp³-hybridized carbons (Fsp3) is 0.364. The van der Waals surface area contributed by atoms with Gasteiger partial charge < -0.3 is 5.32 Å². The molecule has 4 heteroatoms. The Hall–Kier alpha value is -0.710. The highest BCUT2D eigenvalue weighted by atomic mass is 32.1. The van der Waals surface area contributed by atoms with Crippen LogP contribution in [0.5, 0.6) is 0 Å². The van der Waals surface area contributed by atoms with E-state index in [2.05, 4.69) is 40.1 Å². The first-order valence-corrected chi connectivity index (χ1v) is 6.79. The van der Waals surface area contributed by atoms with Gasteiger partial charge in [-0.3, -0.25) is 0 Å². The minimum atomic E-state index is 0.587. The van der Waals surface area contributed by atoms with Crippen molar-refractivity contribution in [3.8, 4) is 0 Å². The van der Waals surface area contributed by atoms with Crippen LogP contribution in [0.4, 0.5) is 0 Å². The van der Waals surface area contributed by atoms with Crippen molar-refractivity contribution >= 4 is 22.7 Å². The molecule has 0 saturated carbocycles. The topological polar surface area (TPSA) is 24.9 Å². The van der Waals surface area contributed by atoms with Crippen LogP contribution in [0.2, 0.25) is 0 Å². The number of nitrogens with zero attached hydrogens (tertiary/aromatic N) is 1. The summed E-state index contributed by atoms with van der Waals surface area (Å²) >= 11 is 3.47. The molecule has 0 aliphatic heterocycles. The summed E-state index contributed by atoms with van der Waals surface area (Å²) in [5.41, 5.74) is 3.01. The Bertz CT molecular complexity index is 367. The van der Waals surface area contributed by atoms with Crippen molar-refractivity contribution in [2.75, 3.05) is 6.54 Å². The van der Waals surface area contributed by atoms with Crippen molar-refractivity contribution in [3.05, 3.63) is 39.0 Å². The fourth-order valence-electron chi connectivity index (χ4n) is 1.41. The zero-order chi connectivity index (χ0) is 10.5. The summed E-state index contributed by atoms with van der Waals surface area (Å²) in [7, 11) is 0. The lowest BCUT2D eigenvalue weighted by Gasteiger charge is -2.09. The van der Waals surface area contributed by atoms with Gasteiger partial charge in [0, 0.05) is 29.3 Å². The van der Waals surface area contributed by atoms with E-state index >= 15 is 0 Å². The van der Waals surface area contributed by atoms with Gasteiger partial charge in [0.15, 0.2) is 0 Å². The maximum Gasteiger partial charge on any atom is 0.0795 e. The van der Waals surface area contributed by atoms with Crippen LogP contribution in [-0.2, 0) is 6.54 Å². The van der Waals surface area contributed by atoms with Crippen LogP contribution in [0.15, 0.2) is 28.4 Å². The number of hydrogen-bond acceptors (Lipinski definition) is 4. The lowest BCUT2D eigenvalue weighted by Crippen LogP contribution is -2.19. The molecular weight excluding hydrogens is 224 g/mol. The van der Waals surface area contributed by atoms with Crippen LogP contribution >= 0.6 is 22.7 Å². The molecule has 0 radical (unpaired) electrons. The molecule has 0 aromatic carbocycles. The minimum absolute atomic E-state index is 0.587. The molecule has 1 N–H and O–H groups in total. The molecule has 1 atom stereocenters. The highest BCUT2D eigenvalue weighted by Crippen LogP contribution is 2.19. The summed E-state index contributed by atoms with van der Waals surface area (Å²) in [5.74, 6) is 0.587. The number of aromatic nitrogens is 1. The summed E-state index contributed by atoms with van der Waals surface area (Å²) in [6, 6.07) is 4.30. The van der Waals surface area contributed by atoms with Crippen LogP contribution in [0.3, 0.4) is 0 Å². The van der Waals surface area contributed by atoms with Gasteiger partial charge in [-0.2, -0.15) is 0 Å². The summed E-state index contributed by atoms with van der Waals surface area (Å²) in [4.78, 5) is 5.68. The standard InChI is InChI=1S/C11H14N2S2/c1-9(11-3-2-4-15-11)5-12-6-10-7-14-8-13-10/h2-4,7-9,12H,5-6H2,1H3. The van der Waals surface area contributed by atoms with Gasteiger partial charge >= 0.3 is 0 Å². The first-order chi connectivity index (χ1) is 7.36. The predicted molar refractivity (Wildman–Crippen MR) is 66.6 cm³/mol. The number of hydrogen-bond donors (Lipinski definition) is 1. The van der Waals surface area contributed by atoms with Crippen LogP contribution < -0.4 is 5.32 Å². The summed E-state index contributed by atoms with van der Waals surface area (Å²) < 4.78 is 0. The minimum Gasteiger partial charge on any atom is -0.311 e. The summed E-state index contributed by atoms with van der Waals surface area (Å²) in [5, 5.41) is 7.64. The van der Waals surface area contributed by atoms with E-state index in [1.165, 1.54) is 4.88 Å². The van der Waals surface area contributed by atoms with Gasteiger partial charge in [0.2, 0.25) is 0 Å². The molecule has 0 fully saturated rings. The normalized spacial score (nSPS) is 12.9. The molecular formula is C11H14N2S2. The Morgan fingerprint density at radius 3 is 3.13 bits per heavy atom. The van der Waals surface area contributed by atoms with Crippen molar-refractivity contribution < 1.29 is 0 Å². The number of thiophene rings is 1. The van der Waals surface area contributed by atoms with Gasteiger partial charge in [-0.1, -0.05) is 13.0 Å². The highest BCUT2D eigenvalue weighted by molar-refractivity contribution is 7.10. The first kappa shape index (κ1) is 10.8. The first-order valence-electron chi connectivity index (χ1n) is 4.97. The molecule has 2 rings (SSSR count). The maximum absolute atomic E-state index is 4.23. The molecule has 0 aliphatic carbocycles. The van der Waals surface area contributed by atoms with Crippen LogP contribution in [-0.4, -0.2) is 11.5 Å². The van der Waals surface area contributed by atoms with Gasteiger partial charge in [0.05, 0.1) is 11.2 Å². The van der Waals surface area contributed by atoms with E-state index in [0.717, 1.165) is 18.8 Å². The molecule has 2 aromatic rings. The summed E-state index contributed by atoms with van der Waals surface area (Å²) in [6.07, 6.45) is 0. The van der Waals surface area contributed by atoms with Crippen LogP contribution in [0, 0.1) is 0 Å². The monoisotopic (exact) mass is 238 g/mol. The van der Waals surface area contributed by atoms with E-state index < -0.39 is 0 Å². The van der Waals surface area contributed by atoms with Gasteiger partial charge in [0.1, 0.15) is 0 Å². The fourth-order valence-corrected chi connectivity index (χ4v) is 2.76.